The van der Waals surface area contributed by atoms with Gasteiger partial charge in [0.1, 0.15) is 12.4 Å². The lowest BCUT2D eigenvalue weighted by Crippen LogP contribution is -2.45. The molecule has 1 heterocycles. The van der Waals surface area contributed by atoms with Crippen LogP contribution in [0.5, 0.6) is 5.75 Å². The Bertz CT molecular complexity index is 476. The number of nitrogens with zero attached hydrogens (tertiary/aromatic N) is 1. The molecule has 1 saturated heterocycles. The molecule has 3 heteroatoms. The quantitative estimate of drug-likeness (QED) is 0.865. The molecular weight excluding hydrogens is 260 g/mol. The molecule has 1 aliphatic heterocycles. The average Bonchev–Trinajstić information content (AvgIpc) is 2.49. The van der Waals surface area contributed by atoms with Gasteiger partial charge in [-0.25, -0.2) is 0 Å². The second-order valence-corrected chi connectivity index (χ2v) is 5.75. The summed E-state index contributed by atoms with van der Waals surface area (Å²) in [6, 6.07) is 9.25. The number of likely N-dealkylation sites (tertiary alicyclic amines) is 1. The third-order valence-electron chi connectivity index (χ3n) is 4.18. The summed E-state index contributed by atoms with van der Waals surface area (Å²) in [5.74, 6) is 6.77. The van der Waals surface area contributed by atoms with Gasteiger partial charge < -0.3 is 10.5 Å². The largest absolute Gasteiger partial charge is 0.492 e. The molecule has 1 aromatic carbocycles. The highest BCUT2D eigenvalue weighted by Gasteiger charge is 2.23. The third kappa shape index (κ3) is 4.77. The summed E-state index contributed by atoms with van der Waals surface area (Å²) in [7, 11) is 0. The molecule has 0 spiro atoms. The average molecular weight is 286 g/mol. The number of ether oxygens (including phenoxy) is 1. The lowest BCUT2D eigenvalue weighted by Gasteiger charge is -2.38. The smallest absolute Gasteiger partial charge is 0.119 e. The van der Waals surface area contributed by atoms with Crippen molar-refractivity contribution in [3.63, 3.8) is 0 Å². The Kier molecular flexibility index (Phi) is 6.10. The molecule has 2 N–H and O–H groups in total. The highest BCUT2D eigenvalue weighted by Crippen LogP contribution is 2.22. The molecule has 0 unspecified atom stereocenters. The van der Waals surface area contributed by atoms with Crippen LogP contribution >= 0.6 is 0 Å². The van der Waals surface area contributed by atoms with Crippen molar-refractivity contribution < 1.29 is 4.74 Å². The van der Waals surface area contributed by atoms with Crippen molar-refractivity contribution in [1.82, 2.24) is 4.90 Å². The summed E-state index contributed by atoms with van der Waals surface area (Å²) >= 11 is 0. The van der Waals surface area contributed by atoms with Crippen molar-refractivity contribution in [2.45, 2.75) is 45.2 Å². The molecule has 1 fully saturated rings. The monoisotopic (exact) mass is 286 g/mol. The van der Waals surface area contributed by atoms with Crippen LogP contribution in [0.2, 0.25) is 0 Å². The van der Waals surface area contributed by atoms with Gasteiger partial charge >= 0.3 is 0 Å². The summed E-state index contributed by atoms with van der Waals surface area (Å²) < 4.78 is 5.85. The molecule has 21 heavy (non-hydrogen) atoms. The van der Waals surface area contributed by atoms with Crippen LogP contribution in [0.1, 0.15) is 38.7 Å². The SMILES string of the molecule is C[C@@H]1CCC[C@H](C)N1CCOc1ccc(C#CCN)cc1. The first kappa shape index (κ1) is 15.9. The van der Waals surface area contributed by atoms with Gasteiger partial charge in [-0.2, -0.15) is 0 Å². The van der Waals surface area contributed by atoms with Gasteiger partial charge in [0.05, 0.1) is 6.54 Å². The summed E-state index contributed by atoms with van der Waals surface area (Å²) in [6.07, 6.45) is 3.96. The lowest BCUT2D eigenvalue weighted by atomic mass is 9.98. The van der Waals surface area contributed by atoms with Crippen molar-refractivity contribution >= 4 is 0 Å². The molecule has 0 aliphatic carbocycles. The zero-order valence-electron chi connectivity index (χ0n) is 13.1. The third-order valence-corrected chi connectivity index (χ3v) is 4.18. The zero-order valence-corrected chi connectivity index (χ0v) is 13.1. The van der Waals surface area contributed by atoms with E-state index in [4.69, 9.17) is 10.5 Å². The van der Waals surface area contributed by atoms with Crippen LogP contribution in [0.4, 0.5) is 0 Å². The fraction of sp³-hybridized carbons (Fsp3) is 0.556. The van der Waals surface area contributed by atoms with E-state index in [2.05, 4.69) is 30.6 Å². The number of rotatable bonds is 4. The number of piperidine rings is 1. The van der Waals surface area contributed by atoms with Gasteiger partial charge in [-0.15, -0.1) is 0 Å². The maximum absolute atomic E-state index is 5.85. The van der Waals surface area contributed by atoms with E-state index in [-0.39, 0.29) is 0 Å². The van der Waals surface area contributed by atoms with E-state index in [1.165, 1.54) is 19.3 Å². The van der Waals surface area contributed by atoms with Gasteiger partial charge in [-0.05, 0) is 51.0 Å². The molecule has 2 rings (SSSR count). The minimum Gasteiger partial charge on any atom is -0.492 e. The first-order valence-corrected chi connectivity index (χ1v) is 7.88. The van der Waals surface area contributed by atoms with Gasteiger partial charge in [-0.3, -0.25) is 4.90 Å². The van der Waals surface area contributed by atoms with E-state index in [1.54, 1.807) is 0 Å². The highest BCUT2D eigenvalue weighted by atomic mass is 16.5. The van der Waals surface area contributed by atoms with Crippen LogP contribution in [0.15, 0.2) is 24.3 Å². The minimum absolute atomic E-state index is 0.393. The number of hydrogen-bond donors (Lipinski definition) is 1. The van der Waals surface area contributed by atoms with E-state index >= 15 is 0 Å². The van der Waals surface area contributed by atoms with Crippen LogP contribution in [-0.2, 0) is 0 Å². The molecule has 0 amide bonds. The van der Waals surface area contributed by atoms with Crippen LogP contribution in [0.3, 0.4) is 0 Å². The van der Waals surface area contributed by atoms with Gasteiger partial charge in [0, 0.05) is 24.2 Å². The fourth-order valence-corrected chi connectivity index (χ4v) is 2.97. The number of nitrogens with two attached hydrogens (primary N) is 1. The first-order chi connectivity index (χ1) is 10.2. The Morgan fingerprint density at radius 1 is 1.19 bits per heavy atom. The highest BCUT2D eigenvalue weighted by molar-refractivity contribution is 5.38. The van der Waals surface area contributed by atoms with Gasteiger partial charge in [0.25, 0.3) is 0 Å². The normalized spacial score (nSPS) is 22.4. The van der Waals surface area contributed by atoms with E-state index in [0.717, 1.165) is 24.5 Å². The molecular formula is C18H26N2O. The molecule has 3 nitrogen and oxygen atoms in total. The predicted octanol–water partition coefficient (Wildman–Crippen LogP) is 2.64. The van der Waals surface area contributed by atoms with Gasteiger partial charge in [0.2, 0.25) is 0 Å². The summed E-state index contributed by atoms with van der Waals surface area (Å²) in [5.41, 5.74) is 6.34. The Labute approximate surface area is 128 Å². The fourth-order valence-electron chi connectivity index (χ4n) is 2.97. The van der Waals surface area contributed by atoms with Gasteiger partial charge in [-0.1, -0.05) is 18.3 Å². The zero-order chi connectivity index (χ0) is 15.1. The maximum atomic E-state index is 5.85. The second-order valence-electron chi connectivity index (χ2n) is 5.75. The maximum Gasteiger partial charge on any atom is 0.119 e. The first-order valence-electron chi connectivity index (χ1n) is 7.88. The Morgan fingerprint density at radius 2 is 1.86 bits per heavy atom. The lowest BCUT2D eigenvalue weighted by molar-refractivity contribution is 0.0851. The minimum atomic E-state index is 0.393. The number of hydrogen-bond acceptors (Lipinski definition) is 3. The molecule has 2 atom stereocenters. The Morgan fingerprint density at radius 3 is 2.48 bits per heavy atom. The van der Waals surface area contributed by atoms with Crippen molar-refractivity contribution in [2.24, 2.45) is 5.73 Å². The summed E-state index contributed by atoms with van der Waals surface area (Å²) in [4.78, 5) is 2.56. The van der Waals surface area contributed by atoms with E-state index < -0.39 is 0 Å². The Hall–Kier alpha value is -1.50. The molecule has 1 aliphatic rings. The molecule has 1 aromatic rings. The Balaban J connectivity index is 1.80. The molecule has 114 valence electrons. The van der Waals surface area contributed by atoms with Crippen molar-refractivity contribution in [1.29, 1.82) is 0 Å². The van der Waals surface area contributed by atoms with Crippen molar-refractivity contribution in [3.05, 3.63) is 29.8 Å². The van der Waals surface area contributed by atoms with Crippen LogP contribution in [0, 0.1) is 11.8 Å². The van der Waals surface area contributed by atoms with Crippen LogP contribution < -0.4 is 10.5 Å². The van der Waals surface area contributed by atoms with Crippen molar-refractivity contribution in [2.75, 3.05) is 19.7 Å². The molecule has 0 aromatic heterocycles. The summed E-state index contributed by atoms with van der Waals surface area (Å²) in [5, 5.41) is 0. The van der Waals surface area contributed by atoms with Crippen LogP contribution in [0.25, 0.3) is 0 Å². The predicted molar refractivity (Wildman–Crippen MR) is 87.4 cm³/mol. The molecule has 0 saturated carbocycles. The van der Waals surface area contributed by atoms with Crippen molar-refractivity contribution in [3.8, 4) is 17.6 Å². The van der Waals surface area contributed by atoms with Crippen LogP contribution in [-0.4, -0.2) is 36.7 Å². The second kappa shape index (κ2) is 8.07. The topological polar surface area (TPSA) is 38.5 Å². The number of benzene rings is 1. The van der Waals surface area contributed by atoms with E-state index in [0.29, 0.717) is 18.6 Å². The van der Waals surface area contributed by atoms with Gasteiger partial charge in [0.15, 0.2) is 0 Å². The standard InChI is InChI=1S/C18H26N2O/c1-15-5-3-6-16(2)20(15)13-14-21-18-10-8-17(9-11-18)7-4-12-19/h8-11,15-16H,3,5-6,12-14,19H2,1-2H3/t15-,16+. The van der Waals surface area contributed by atoms with E-state index in [9.17, 15) is 0 Å². The molecule has 0 bridgehead atoms. The van der Waals surface area contributed by atoms with E-state index in [1.807, 2.05) is 24.3 Å². The summed E-state index contributed by atoms with van der Waals surface area (Å²) in [6.45, 7) is 6.77. The molecule has 0 radical (unpaired) electrons.